The maximum Gasteiger partial charge on any atom is 0.260 e. The van der Waals surface area contributed by atoms with Gasteiger partial charge in [-0.1, -0.05) is 30.3 Å². The van der Waals surface area contributed by atoms with Crippen LogP contribution in [0.5, 0.6) is 5.75 Å². The monoisotopic (exact) mass is 343 g/mol. The van der Waals surface area contributed by atoms with Crippen molar-refractivity contribution in [3.8, 4) is 5.75 Å². The normalized spacial score (nSPS) is 10.4. The van der Waals surface area contributed by atoms with E-state index >= 15 is 0 Å². The molecule has 0 fully saturated rings. The standard InChI is InChI=1S/C20H22FNO3/c1-15(23)7-8-16-9-11-18(12-10-16)25-14-20(24)22(2)13-17-5-3-4-6-19(17)21/h3-6,9-12H,7-8,13-14H2,1-2H3. The summed E-state index contributed by atoms with van der Waals surface area (Å²) in [7, 11) is 1.61. The lowest BCUT2D eigenvalue weighted by atomic mass is 10.1. The Kier molecular flexibility index (Phi) is 6.69. The van der Waals surface area contributed by atoms with Crippen LogP contribution in [0.2, 0.25) is 0 Å². The summed E-state index contributed by atoms with van der Waals surface area (Å²) in [5.74, 6) is 0.177. The van der Waals surface area contributed by atoms with Gasteiger partial charge in [0.15, 0.2) is 6.61 Å². The van der Waals surface area contributed by atoms with Crippen molar-refractivity contribution in [1.29, 1.82) is 0 Å². The molecule has 0 heterocycles. The van der Waals surface area contributed by atoms with Gasteiger partial charge in [0.2, 0.25) is 0 Å². The Morgan fingerprint density at radius 2 is 1.76 bits per heavy atom. The van der Waals surface area contributed by atoms with E-state index in [-0.39, 0.29) is 30.7 Å². The number of benzene rings is 2. The zero-order chi connectivity index (χ0) is 18.2. The highest BCUT2D eigenvalue weighted by Crippen LogP contribution is 2.14. The van der Waals surface area contributed by atoms with Crippen molar-refractivity contribution >= 4 is 11.7 Å². The first-order chi connectivity index (χ1) is 12.0. The van der Waals surface area contributed by atoms with E-state index in [4.69, 9.17) is 4.74 Å². The van der Waals surface area contributed by atoms with Crippen LogP contribution in [0.25, 0.3) is 0 Å². The highest BCUT2D eigenvalue weighted by molar-refractivity contribution is 5.77. The van der Waals surface area contributed by atoms with Gasteiger partial charge in [0.05, 0.1) is 0 Å². The third kappa shape index (κ3) is 6.03. The van der Waals surface area contributed by atoms with Crippen molar-refractivity contribution in [2.45, 2.75) is 26.3 Å². The molecule has 0 radical (unpaired) electrons. The Labute approximate surface area is 147 Å². The maximum atomic E-state index is 13.6. The maximum absolute atomic E-state index is 13.6. The molecule has 0 aliphatic carbocycles. The summed E-state index contributed by atoms with van der Waals surface area (Å²) in [6.07, 6.45) is 1.21. The summed E-state index contributed by atoms with van der Waals surface area (Å²) in [5, 5.41) is 0. The summed E-state index contributed by atoms with van der Waals surface area (Å²) in [6, 6.07) is 13.7. The van der Waals surface area contributed by atoms with E-state index < -0.39 is 0 Å². The number of hydrogen-bond donors (Lipinski definition) is 0. The molecular formula is C20H22FNO3. The van der Waals surface area contributed by atoms with Gasteiger partial charge in [-0.3, -0.25) is 4.79 Å². The first-order valence-corrected chi connectivity index (χ1v) is 8.14. The van der Waals surface area contributed by atoms with Crippen LogP contribution in [0.3, 0.4) is 0 Å². The van der Waals surface area contributed by atoms with Gasteiger partial charge in [0.25, 0.3) is 5.91 Å². The molecule has 0 atom stereocenters. The molecule has 4 nitrogen and oxygen atoms in total. The molecule has 25 heavy (non-hydrogen) atoms. The number of aryl methyl sites for hydroxylation is 1. The molecule has 0 aromatic heterocycles. The van der Waals surface area contributed by atoms with Gasteiger partial charge < -0.3 is 14.4 Å². The van der Waals surface area contributed by atoms with Gasteiger partial charge >= 0.3 is 0 Å². The number of rotatable bonds is 8. The second kappa shape index (κ2) is 8.97. The number of amides is 1. The second-order valence-electron chi connectivity index (χ2n) is 5.98. The highest BCUT2D eigenvalue weighted by atomic mass is 19.1. The summed E-state index contributed by atoms with van der Waals surface area (Å²) in [4.78, 5) is 24.5. The zero-order valence-corrected chi connectivity index (χ0v) is 14.5. The quantitative estimate of drug-likeness (QED) is 0.738. The van der Waals surface area contributed by atoms with Crippen molar-refractivity contribution in [1.82, 2.24) is 4.90 Å². The van der Waals surface area contributed by atoms with Gasteiger partial charge in [-0.25, -0.2) is 4.39 Å². The van der Waals surface area contributed by atoms with Crippen LogP contribution in [0.15, 0.2) is 48.5 Å². The smallest absolute Gasteiger partial charge is 0.260 e. The zero-order valence-electron chi connectivity index (χ0n) is 14.5. The van der Waals surface area contributed by atoms with Gasteiger partial charge in [-0.2, -0.15) is 0 Å². The SMILES string of the molecule is CC(=O)CCc1ccc(OCC(=O)N(C)Cc2ccccc2F)cc1. The molecule has 0 N–H and O–H groups in total. The predicted molar refractivity (Wildman–Crippen MR) is 93.8 cm³/mol. The van der Waals surface area contributed by atoms with E-state index in [0.717, 1.165) is 5.56 Å². The lowest BCUT2D eigenvalue weighted by Crippen LogP contribution is -2.31. The fraction of sp³-hybridized carbons (Fsp3) is 0.300. The predicted octanol–water partition coefficient (Wildman–Crippen LogP) is 3.38. The Morgan fingerprint density at radius 3 is 2.40 bits per heavy atom. The molecule has 1 amide bonds. The van der Waals surface area contributed by atoms with Crippen LogP contribution >= 0.6 is 0 Å². The van der Waals surface area contributed by atoms with Crippen molar-refractivity contribution in [2.75, 3.05) is 13.7 Å². The fourth-order valence-corrected chi connectivity index (χ4v) is 2.30. The first kappa shape index (κ1) is 18.6. The number of nitrogens with zero attached hydrogens (tertiary/aromatic N) is 1. The van der Waals surface area contributed by atoms with Crippen LogP contribution in [0.4, 0.5) is 4.39 Å². The van der Waals surface area contributed by atoms with Crippen molar-refractivity contribution in [3.05, 3.63) is 65.5 Å². The van der Waals surface area contributed by atoms with E-state index in [9.17, 15) is 14.0 Å². The average molecular weight is 343 g/mol. The van der Waals surface area contributed by atoms with Crippen molar-refractivity contribution < 1.29 is 18.7 Å². The van der Waals surface area contributed by atoms with Gasteiger partial charge in [-0.05, 0) is 37.1 Å². The van der Waals surface area contributed by atoms with Crippen LogP contribution in [0.1, 0.15) is 24.5 Å². The van der Waals surface area contributed by atoms with E-state index in [0.29, 0.717) is 24.2 Å². The van der Waals surface area contributed by atoms with Crippen LogP contribution in [-0.4, -0.2) is 30.2 Å². The van der Waals surface area contributed by atoms with E-state index in [1.807, 2.05) is 12.1 Å². The molecule has 0 spiro atoms. The number of hydrogen-bond acceptors (Lipinski definition) is 3. The third-order valence-electron chi connectivity index (χ3n) is 3.84. The van der Waals surface area contributed by atoms with Gasteiger partial charge in [0.1, 0.15) is 17.3 Å². The largest absolute Gasteiger partial charge is 0.484 e. The lowest BCUT2D eigenvalue weighted by Gasteiger charge is -2.18. The molecule has 0 bridgehead atoms. The van der Waals surface area contributed by atoms with Crippen LogP contribution in [0, 0.1) is 5.82 Å². The Balaban J connectivity index is 1.82. The summed E-state index contributed by atoms with van der Waals surface area (Å²) in [6.45, 7) is 1.65. The molecule has 2 rings (SSSR count). The van der Waals surface area contributed by atoms with Crippen molar-refractivity contribution in [2.24, 2.45) is 0 Å². The molecule has 0 aliphatic rings. The third-order valence-corrected chi connectivity index (χ3v) is 3.84. The summed E-state index contributed by atoms with van der Waals surface area (Å²) >= 11 is 0. The minimum atomic E-state index is -0.329. The molecule has 5 heteroatoms. The van der Waals surface area contributed by atoms with Gasteiger partial charge in [-0.15, -0.1) is 0 Å². The second-order valence-corrected chi connectivity index (χ2v) is 5.98. The van der Waals surface area contributed by atoms with Gasteiger partial charge in [0, 0.05) is 25.6 Å². The van der Waals surface area contributed by atoms with E-state index in [1.54, 1.807) is 44.3 Å². The average Bonchev–Trinajstić information content (AvgIpc) is 2.60. The number of halogens is 1. The van der Waals surface area contributed by atoms with Crippen LogP contribution < -0.4 is 4.74 Å². The highest BCUT2D eigenvalue weighted by Gasteiger charge is 2.12. The lowest BCUT2D eigenvalue weighted by molar-refractivity contribution is -0.132. The van der Waals surface area contributed by atoms with Crippen molar-refractivity contribution in [3.63, 3.8) is 0 Å². The van der Waals surface area contributed by atoms with E-state index in [2.05, 4.69) is 0 Å². The minimum absolute atomic E-state index is 0.113. The number of Topliss-reactive ketones (excluding diaryl/α,β-unsaturated/α-hetero) is 1. The molecule has 0 unspecified atom stereocenters. The molecule has 0 saturated carbocycles. The number of carbonyl (C=O) groups excluding carboxylic acids is 2. The van der Waals surface area contributed by atoms with Crippen LogP contribution in [-0.2, 0) is 22.6 Å². The number of carbonyl (C=O) groups is 2. The Hall–Kier alpha value is -2.69. The molecule has 2 aromatic carbocycles. The molecule has 0 saturated heterocycles. The number of ketones is 1. The molecule has 0 aliphatic heterocycles. The first-order valence-electron chi connectivity index (χ1n) is 8.14. The number of ether oxygens (including phenoxy) is 1. The topological polar surface area (TPSA) is 46.6 Å². The molecule has 132 valence electrons. The molecule has 2 aromatic rings. The Morgan fingerprint density at radius 1 is 1.08 bits per heavy atom. The van der Waals surface area contributed by atoms with E-state index in [1.165, 1.54) is 11.0 Å². The summed E-state index contributed by atoms with van der Waals surface area (Å²) < 4.78 is 19.1. The summed E-state index contributed by atoms with van der Waals surface area (Å²) in [5.41, 5.74) is 1.51. The minimum Gasteiger partial charge on any atom is -0.484 e. The fourth-order valence-electron chi connectivity index (χ4n) is 2.30. The Bertz CT molecular complexity index is 728. The number of likely N-dealkylation sites (N-methyl/N-ethyl adjacent to an activating group) is 1. The molecular weight excluding hydrogens is 321 g/mol.